The zero-order chi connectivity index (χ0) is 14.7. The minimum Gasteiger partial charge on any atom is -0.378 e. The summed E-state index contributed by atoms with van der Waals surface area (Å²) in [5.41, 5.74) is 2.47. The van der Waals surface area contributed by atoms with E-state index in [0.717, 1.165) is 38.6 Å². The molecule has 21 heavy (non-hydrogen) atoms. The first-order chi connectivity index (χ1) is 10.3. The van der Waals surface area contributed by atoms with Gasteiger partial charge in [-0.05, 0) is 23.3 Å². The lowest BCUT2D eigenvalue weighted by Crippen LogP contribution is -2.37. The summed E-state index contributed by atoms with van der Waals surface area (Å²) in [7, 11) is 0. The van der Waals surface area contributed by atoms with Crippen molar-refractivity contribution in [3.63, 3.8) is 0 Å². The molecule has 114 valence electrons. The fourth-order valence-electron chi connectivity index (χ4n) is 3.09. The number of anilines is 1. The Morgan fingerprint density at radius 3 is 2.71 bits per heavy atom. The van der Waals surface area contributed by atoms with Gasteiger partial charge in [-0.1, -0.05) is 18.2 Å². The van der Waals surface area contributed by atoms with Crippen LogP contribution in [-0.4, -0.2) is 49.4 Å². The van der Waals surface area contributed by atoms with E-state index in [-0.39, 0.29) is 5.91 Å². The van der Waals surface area contributed by atoms with Gasteiger partial charge in [-0.3, -0.25) is 4.79 Å². The van der Waals surface area contributed by atoms with Gasteiger partial charge in [0.2, 0.25) is 5.91 Å². The van der Waals surface area contributed by atoms with Gasteiger partial charge in [0.25, 0.3) is 0 Å². The second-order valence-electron chi connectivity index (χ2n) is 5.76. The lowest BCUT2D eigenvalue weighted by Gasteiger charge is -2.31. The van der Waals surface area contributed by atoms with Crippen LogP contribution in [-0.2, 0) is 16.1 Å². The quantitative estimate of drug-likeness (QED) is 0.861. The number of nitrogens with zero attached hydrogens (tertiary/aromatic N) is 2. The summed E-state index contributed by atoms with van der Waals surface area (Å²) in [5.74, 6) is 1.44. The molecule has 0 N–H and O–H groups in total. The van der Waals surface area contributed by atoms with Crippen molar-refractivity contribution in [2.24, 2.45) is 5.92 Å². The minimum atomic E-state index is 0.255. The van der Waals surface area contributed by atoms with Gasteiger partial charge in [0.05, 0.1) is 13.2 Å². The van der Waals surface area contributed by atoms with Gasteiger partial charge in [0.15, 0.2) is 0 Å². The van der Waals surface area contributed by atoms with E-state index in [2.05, 4.69) is 41.8 Å². The molecule has 1 aromatic rings. The monoisotopic (exact) mass is 306 g/mol. The van der Waals surface area contributed by atoms with Gasteiger partial charge < -0.3 is 14.5 Å². The fraction of sp³-hybridized carbons (Fsp3) is 0.562. The highest BCUT2D eigenvalue weighted by atomic mass is 32.1. The summed E-state index contributed by atoms with van der Waals surface area (Å²) in [5, 5.41) is 0. The third-order valence-corrected chi connectivity index (χ3v) is 4.77. The lowest BCUT2D eigenvalue weighted by molar-refractivity contribution is -0.128. The number of thiol groups is 1. The lowest BCUT2D eigenvalue weighted by atomic mass is 10.1. The van der Waals surface area contributed by atoms with Crippen LogP contribution in [0.2, 0.25) is 0 Å². The van der Waals surface area contributed by atoms with Crippen molar-refractivity contribution in [1.82, 2.24) is 4.90 Å². The molecule has 0 saturated carbocycles. The molecule has 2 fully saturated rings. The van der Waals surface area contributed by atoms with Gasteiger partial charge in [0.1, 0.15) is 0 Å². The van der Waals surface area contributed by atoms with E-state index in [1.54, 1.807) is 0 Å². The fourth-order valence-corrected chi connectivity index (χ4v) is 3.34. The first-order valence-corrected chi connectivity index (χ1v) is 8.20. The van der Waals surface area contributed by atoms with Crippen molar-refractivity contribution in [2.75, 3.05) is 43.5 Å². The molecule has 1 unspecified atom stereocenters. The van der Waals surface area contributed by atoms with Crippen LogP contribution < -0.4 is 4.90 Å². The number of hydrogen-bond acceptors (Lipinski definition) is 4. The average Bonchev–Trinajstić information content (AvgIpc) is 2.89. The first kappa shape index (κ1) is 14.7. The van der Waals surface area contributed by atoms with Crippen molar-refractivity contribution in [3.05, 3.63) is 29.8 Å². The number of morpholine rings is 1. The Kier molecular flexibility index (Phi) is 4.70. The normalized spacial score (nSPS) is 22.9. The molecule has 4 nitrogen and oxygen atoms in total. The summed E-state index contributed by atoms with van der Waals surface area (Å²) < 4.78 is 5.43. The zero-order valence-electron chi connectivity index (χ0n) is 12.2. The Hall–Kier alpha value is -1.20. The van der Waals surface area contributed by atoms with Crippen molar-refractivity contribution in [3.8, 4) is 0 Å². The maximum absolute atomic E-state index is 12.1. The summed E-state index contributed by atoms with van der Waals surface area (Å²) in [6.45, 7) is 4.93. The number of para-hydroxylation sites is 1. The number of rotatable bonds is 4. The van der Waals surface area contributed by atoms with Crippen LogP contribution in [0.5, 0.6) is 0 Å². The van der Waals surface area contributed by atoms with Crippen LogP contribution in [0.25, 0.3) is 0 Å². The Bertz CT molecular complexity index is 503. The molecule has 1 amide bonds. The van der Waals surface area contributed by atoms with Gasteiger partial charge in [-0.2, -0.15) is 12.6 Å². The molecule has 0 radical (unpaired) electrons. The molecule has 3 rings (SSSR count). The highest BCUT2D eigenvalue weighted by Gasteiger charge is 2.29. The topological polar surface area (TPSA) is 32.8 Å². The van der Waals surface area contributed by atoms with Crippen LogP contribution in [0.15, 0.2) is 24.3 Å². The van der Waals surface area contributed by atoms with Crippen molar-refractivity contribution in [2.45, 2.75) is 13.0 Å². The van der Waals surface area contributed by atoms with Crippen molar-refractivity contribution < 1.29 is 9.53 Å². The highest BCUT2D eigenvalue weighted by molar-refractivity contribution is 7.80. The molecule has 2 aliphatic heterocycles. The summed E-state index contributed by atoms with van der Waals surface area (Å²) in [4.78, 5) is 16.4. The van der Waals surface area contributed by atoms with Crippen LogP contribution in [0.4, 0.5) is 5.69 Å². The molecule has 2 aliphatic rings. The second kappa shape index (κ2) is 6.71. The molecular formula is C16H22N2O2S. The van der Waals surface area contributed by atoms with Gasteiger partial charge in [-0.25, -0.2) is 0 Å². The number of carbonyl (C=O) groups is 1. The number of amides is 1. The standard InChI is InChI=1S/C16H22N2O2S/c19-16-9-13(12-21)10-18(16)11-14-3-1-2-4-15(14)17-5-7-20-8-6-17/h1-4,13,21H,5-12H2. The van der Waals surface area contributed by atoms with E-state index in [1.165, 1.54) is 11.3 Å². The second-order valence-corrected chi connectivity index (χ2v) is 6.12. The van der Waals surface area contributed by atoms with E-state index in [0.29, 0.717) is 18.9 Å². The molecule has 0 bridgehead atoms. The van der Waals surface area contributed by atoms with E-state index in [4.69, 9.17) is 4.74 Å². The Morgan fingerprint density at radius 1 is 1.24 bits per heavy atom. The summed E-state index contributed by atoms with van der Waals surface area (Å²) in [6.07, 6.45) is 0.642. The van der Waals surface area contributed by atoms with E-state index in [9.17, 15) is 4.79 Å². The molecule has 0 aliphatic carbocycles. The minimum absolute atomic E-state index is 0.255. The molecule has 1 atom stereocenters. The Morgan fingerprint density at radius 2 is 2.00 bits per heavy atom. The van der Waals surface area contributed by atoms with E-state index < -0.39 is 0 Å². The van der Waals surface area contributed by atoms with Gasteiger partial charge >= 0.3 is 0 Å². The highest BCUT2D eigenvalue weighted by Crippen LogP contribution is 2.26. The molecule has 0 spiro atoms. The van der Waals surface area contributed by atoms with E-state index >= 15 is 0 Å². The zero-order valence-corrected chi connectivity index (χ0v) is 13.1. The van der Waals surface area contributed by atoms with Crippen LogP contribution in [0.1, 0.15) is 12.0 Å². The third kappa shape index (κ3) is 3.35. The number of ether oxygens (including phenoxy) is 1. The SMILES string of the molecule is O=C1CC(CS)CN1Cc1ccccc1N1CCOCC1. The summed E-state index contributed by atoms with van der Waals surface area (Å²) >= 11 is 4.33. The number of carbonyl (C=O) groups excluding carboxylic acids is 1. The maximum atomic E-state index is 12.1. The molecule has 2 saturated heterocycles. The molecule has 1 aromatic carbocycles. The van der Waals surface area contributed by atoms with Crippen LogP contribution >= 0.6 is 12.6 Å². The number of benzene rings is 1. The molecule has 5 heteroatoms. The molecule has 2 heterocycles. The van der Waals surface area contributed by atoms with E-state index in [1.807, 2.05) is 4.90 Å². The van der Waals surface area contributed by atoms with Crippen LogP contribution in [0, 0.1) is 5.92 Å². The Balaban J connectivity index is 1.74. The molecular weight excluding hydrogens is 284 g/mol. The Labute approximate surface area is 131 Å². The maximum Gasteiger partial charge on any atom is 0.223 e. The predicted octanol–water partition coefficient (Wildman–Crippen LogP) is 1.80. The molecule has 0 aromatic heterocycles. The first-order valence-electron chi connectivity index (χ1n) is 7.57. The smallest absolute Gasteiger partial charge is 0.223 e. The average molecular weight is 306 g/mol. The number of likely N-dealkylation sites (tertiary alicyclic amines) is 1. The summed E-state index contributed by atoms with van der Waals surface area (Å²) in [6, 6.07) is 8.40. The van der Waals surface area contributed by atoms with Gasteiger partial charge in [-0.15, -0.1) is 0 Å². The largest absolute Gasteiger partial charge is 0.378 e. The predicted molar refractivity (Wildman–Crippen MR) is 86.9 cm³/mol. The van der Waals surface area contributed by atoms with Crippen LogP contribution in [0.3, 0.4) is 0 Å². The van der Waals surface area contributed by atoms with Gasteiger partial charge in [0, 0.05) is 38.3 Å². The van der Waals surface area contributed by atoms with Crippen molar-refractivity contribution >= 4 is 24.2 Å². The number of hydrogen-bond donors (Lipinski definition) is 1. The van der Waals surface area contributed by atoms with Crippen molar-refractivity contribution in [1.29, 1.82) is 0 Å². The third-order valence-electron chi connectivity index (χ3n) is 4.26.